The van der Waals surface area contributed by atoms with Crippen molar-refractivity contribution in [1.82, 2.24) is 4.31 Å². The van der Waals surface area contributed by atoms with Crippen LogP contribution in [0, 0.1) is 17.1 Å². The molecule has 6 rings (SSSR count). The zero-order valence-electron chi connectivity index (χ0n) is 25.1. The van der Waals surface area contributed by atoms with E-state index in [1.165, 1.54) is 26.2 Å². The van der Waals surface area contributed by atoms with E-state index in [1.807, 2.05) is 12.1 Å². The second kappa shape index (κ2) is 12.8. The predicted molar refractivity (Wildman–Crippen MR) is 168 cm³/mol. The number of hydrogen-bond acceptors (Lipinski definition) is 4. The van der Waals surface area contributed by atoms with Gasteiger partial charge in [-0.3, -0.25) is 9.80 Å². The Balaban J connectivity index is 1.35. The van der Waals surface area contributed by atoms with Gasteiger partial charge in [0.2, 0.25) is 10.0 Å². The summed E-state index contributed by atoms with van der Waals surface area (Å²) in [5, 5.41) is 9.24. The monoisotopic (exact) mass is 662 g/mol. The van der Waals surface area contributed by atoms with Crippen molar-refractivity contribution in [3.63, 3.8) is 0 Å². The Morgan fingerprint density at radius 3 is 1.79 bits per heavy atom. The second-order valence-electron chi connectivity index (χ2n) is 11.6. The Bertz CT molecular complexity index is 1890. The van der Waals surface area contributed by atoms with Crippen LogP contribution in [0.2, 0.25) is 0 Å². The number of benzene rings is 4. The molecule has 0 aromatic heterocycles. The molecule has 1 saturated heterocycles. The largest absolute Gasteiger partial charge is 0.417 e. The Kier molecular flexibility index (Phi) is 8.78. The van der Waals surface area contributed by atoms with Crippen molar-refractivity contribution < 1.29 is 30.8 Å². The van der Waals surface area contributed by atoms with Crippen LogP contribution in [0.4, 0.5) is 33.7 Å². The van der Waals surface area contributed by atoms with E-state index in [4.69, 9.17) is 0 Å². The summed E-state index contributed by atoms with van der Waals surface area (Å²) in [5.41, 5.74) is -0.186. The number of urea groups is 1. The normalized spacial score (nSPS) is 18.3. The van der Waals surface area contributed by atoms with Crippen LogP contribution in [0.3, 0.4) is 0 Å². The second-order valence-corrected chi connectivity index (χ2v) is 13.5. The molecule has 2 aliphatic rings. The Hall–Kier alpha value is -4.73. The molecule has 0 N–H and O–H groups in total. The van der Waals surface area contributed by atoms with Crippen LogP contribution in [0.5, 0.6) is 0 Å². The third-order valence-corrected chi connectivity index (χ3v) is 10.5. The van der Waals surface area contributed by atoms with Gasteiger partial charge in [0.1, 0.15) is 10.7 Å². The summed E-state index contributed by atoms with van der Waals surface area (Å²) in [7, 11) is -4.37. The fraction of sp³-hybridized carbons (Fsp3) is 0.257. The smallest absolute Gasteiger partial charge is 0.289 e. The molecule has 0 bridgehead atoms. The van der Waals surface area contributed by atoms with Gasteiger partial charge in [0.15, 0.2) is 0 Å². The van der Waals surface area contributed by atoms with Crippen molar-refractivity contribution in [2.24, 2.45) is 0 Å². The van der Waals surface area contributed by atoms with Gasteiger partial charge in [0.25, 0.3) is 0 Å². The van der Waals surface area contributed by atoms with Crippen LogP contribution in [0.15, 0.2) is 102 Å². The van der Waals surface area contributed by atoms with E-state index in [0.717, 1.165) is 37.1 Å². The van der Waals surface area contributed by atoms with E-state index in [2.05, 4.69) is 0 Å². The first-order valence-electron chi connectivity index (χ1n) is 15.1. The molecule has 2 fully saturated rings. The molecule has 2 amide bonds. The molecule has 12 heteroatoms. The van der Waals surface area contributed by atoms with E-state index in [9.17, 15) is 31.6 Å². The quantitative estimate of drug-likeness (QED) is 0.180. The van der Waals surface area contributed by atoms with Crippen molar-refractivity contribution in [2.75, 3.05) is 9.80 Å². The van der Waals surface area contributed by atoms with Gasteiger partial charge < -0.3 is 0 Å². The van der Waals surface area contributed by atoms with Crippen molar-refractivity contribution in [3.8, 4) is 6.07 Å². The van der Waals surface area contributed by atoms with Crippen LogP contribution >= 0.6 is 0 Å². The van der Waals surface area contributed by atoms with Gasteiger partial charge in [-0.05, 0) is 60.4 Å². The van der Waals surface area contributed by atoms with E-state index < -0.39 is 56.2 Å². The van der Waals surface area contributed by atoms with Gasteiger partial charge in [-0.15, -0.1) is 0 Å². The molecule has 0 spiro atoms. The summed E-state index contributed by atoms with van der Waals surface area (Å²) in [6, 6.07) is 24.5. The maximum absolute atomic E-state index is 16.0. The molecule has 1 heterocycles. The maximum atomic E-state index is 16.0. The summed E-state index contributed by atoms with van der Waals surface area (Å²) in [6.45, 7) is -0.0137. The summed E-state index contributed by atoms with van der Waals surface area (Å²) in [4.78, 5) is 16.0. The number of hydrogen-bond donors (Lipinski definition) is 0. The summed E-state index contributed by atoms with van der Waals surface area (Å²) in [6.07, 6.45) is -2.28. The molecule has 4 aromatic rings. The third-order valence-electron chi connectivity index (χ3n) is 8.69. The Morgan fingerprint density at radius 2 is 1.30 bits per heavy atom. The highest BCUT2D eigenvalue weighted by Gasteiger charge is 2.49. The molecular weight excluding hydrogens is 632 g/mol. The number of carbonyl (C=O) groups is 1. The van der Waals surface area contributed by atoms with Crippen LogP contribution in [-0.4, -0.2) is 30.8 Å². The highest BCUT2D eigenvalue weighted by atomic mass is 32.2. The highest BCUT2D eigenvalue weighted by molar-refractivity contribution is 7.89. The first-order chi connectivity index (χ1) is 22.5. The van der Waals surface area contributed by atoms with Crippen molar-refractivity contribution in [2.45, 2.75) is 61.9 Å². The molecule has 7 nitrogen and oxygen atoms in total. The maximum Gasteiger partial charge on any atom is 0.417 e. The third kappa shape index (κ3) is 6.33. The van der Waals surface area contributed by atoms with Crippen molar-refractivity contribution in [1.29, 1.82) is 5.26 Å². The van der Waals surface area contributed by atoms with E-state index in [-0.39, 0.29) is 24.5 Å². The van der Waals surface area contributed by atoms with Crippen molar-refractivity contribution >= 4 is 27.4 Å². The molecule has 1 saturated carbocycles. The molecule has 0 radical (unpaired) electrons. The van der Waals surface area contributed by atoms with Crippen LogP contribution in [0.25, 0.3) is 0 Å². The lowest BCUT2D eigenvalue weighted by Crippen LogP contribution is -2.40. The van der Waals surface area contributed by atoms with Crippen molar-refractivity contribution in [3.05, 3.63) is 125 Å². The highest BCUT2D eigenvalue weighted by Crippen LogP contribution is 2.42. The number of halogens is 4. The van der Waals surface area contributed by atoms with Crippen LogP contribution in [0.1, 0.15) is 47.9 Å². The topological polar surface area (TPSA) is 84.7 Å². The zero-order valence-corrected chi connectivity index (χ0v) is 25.9. The summed E-state index contributed by atoms with van der Waals surface area (Å²) in [5.74, 6) is -1.05. The number of fused-ring (bicyclic) bond motifs is 1. The lowest BCUT2D eigenvalue weighted by atomic mass is 9.89. The minimum Gasteiger partial charge on any atom is -0.289 e. The average Bonchev–Trinajstić information content (AvgIpc) is 3.36. The number of nitrogens with zero attached hydrogens (tertiary/aromatic N) is 4. The first-order valence-corrected chi connectivity index (χ1v) is 16.5. The SMILES string of the molecule is N#Cc1ccc(N2C(=O)N(c3ccc(S(=O)(=O)N(Cc4ccccc4)Cc4ccccc4)c(F)c3)C3CCCCC32)cc1C(F)(F)F. The number of anilines is 2. The zero-order chi connectivity index (χ0) is 33.3. The van der Waals surface area contributed by atoms with E-state index in [0.29, 0.717) is 24.0 Å². The predicted octanol–water partition coefficient (Wildman–Crippen LogP) is 7.87. The number of rotatable bonds is 8. The Morgan fingerprint density at radius 1 is 0.787 bits per heavy atom. The van der Waals surface area contributed by atoms with Crippen LogP contribution < -0.4 is 9.80 Å². The van der Waals surface area contributed by atoms with Gasteiger partial charge in [-0.2, -0.15) is 22.7 Å². The lowest BCUT2D eigenvalue weighted by molar-refractivity contribution is -0.137. The molecule has 2 atom stereocenters. The number of nitriles is 1. The summed E-state index contributed by atoms with van der Waals surface area (Å²) >= 11 is 0. The van der Waals surface area contributed by atoms with Crippen LogP contribution in [-0.2, 0) is 29.3 Å². The summed E-state index contributed by atoms with van der Waals surface area (Å²) < 4.78 is 86.5. The minimum atomic E-state index is -4.81. The molecule has 242 valence electrons. The molecule has 1 aliphatic carbocycles. The van der Waals surface area contributed by atoms with E-state index in [1.54, 1.807) is 54.6 Å². The minimum absolute atomic E-state index is 0.00686. The first kappa shape index (κ1) is 32.2. The molecule has 4 aromatic carbocycles. The number of alkyl halides is 3. The van der Waals surface area contributed by atoms with Gasteiger partial charge in [-0.25, -0.2) is 17.6 Å². The van der Waals surface area contributed by atoms with Gasteiger partial charge in [-0.1, -0.05) is 73.5 Å². The number of carbonyl (C=O) groups excluding carboxylic acids is 1. The number of amides is 2. The fourth-order valence-electron chi connectivity index (χ4n) is 6.50. The fourth-order valence-corrected chi connectivity index (χ4v) is 7.96. The van der Waals surface area contributed by atoms with Gasteiger partial charge in [0, 0.05) is 24.5 Å². The number of sulfonamides is 1. The lowest BCUT2D eigenvalue weighted by Gasteiger charge is -2.32. The molecule has 47 heavy (non-hydrogen) atoms. The standard InChI is InChI=1S/C35H30F4N4O3S/c36-30-20-28(17-18-33(30)47(45,46)41(22-24-9-3-1-4-10-24)23-25-11-5-2-6-12-25)43-32-14-8-7-13-31(32)42(34(43)44)27-16-15-26(21-40)29(19-27)35(37,38)39/h1-6,9-12,15-20,31-32H,7-8,13-14,22-23H2. The Labute approximate surface area is 270 Å². The molecular formula is C35H30F4N4O3S. The van der Waals surface area contributed by atoms with Gasteiger partial charge >= 0.3 is 12.2 Å². The van der Waals surface area contributed by atoms with Gasteiger partial charge in [0.05, 0.1) is 29.3 Å². The average molecular weight is 663 g/mol. The molecule has 2 unspecified atom stereocenters. The van der Waals surface area contributed by atoms with E-state index >= 15 is 4.39 Å². The molecule has 1 aliphatic heterocycles.